The van der Waals surface area contributed by atoms with Gasteiger partial charge in [-0.15, -0.1) is 0 Å². The van der Waals surface area contributed by atoms with Gasteiger partial charge in [-0.3, -0.25) is 4.68 Å². The van der Waals surface area contributed by atoms with E-state index in [1.54, 1.807) is 6.07 Å². The van der Waals surface area contributed by atoms with Crippen LogP contribution in [0.15, 0.2) is 70.7 Å². The first-order chi connectivity index (χ1) is 16.0. The first-order valence-corrected chi connectivity index (χ1v) is 10.6. The van der Waals surface area contributed by atoms with Crippen LogP contribution in [0.5, 0.6) is 0 Å². The molecule has 8 heteroatoms. The Morgan fingerprint density at radius 2 is 1.71 bits per heavy atom. The average molecular weight is 469 g/mol. The summed E-state index contributed by atoms with van der Waals surface area (Å²) < 4.78 is 60.9. The van der Waals surface area contributed by atoms with Crippen LogP contribution in [-0.2, 0) is 13.2 Å². The second-order valence-electron chi connectivity index (χ2n) is 8.18. The number of nitrogens with one attached hydrogen (secondary N) is 1. The minimum absolute atomic E-state index is 0.0284. The van der Waals surface area contributed by atoms with Gasteiger partial charge in [0.25, 0.3) is 0 Å². The third kappa shape index (κ3) is 4.62. The van der Waals surface area contributed by atoms with Gasteiger partial charge in [-0.05, 0) is 51.1 Å². The molecule has 0 saturated heterocycles. The summed E-state index contributed by atoms with van der Waals surface area (Å²) in [5.74, 6) is 0.754. The van der Waals surface area contributed by atoms with Crippen LogP contribution in [-0.4, -0.2) is 9.78 Å². The largest absolute Gasteiger partial charge is 0.461 e. The number of anilines is 1. The van der Waals surface area contributed by atoms with Crippen LogP contribution in [0.1, 0.15) is 30.9 Å². The number of rotatable bonds is 5. The average Bonchev–Trinajstić information content (AvgIpc) is 3.35. The lowest BCUT2D eigenvalue weighted by molar-refractivity contribution is -0.141. The van der Waals surface area contributed by atoms with E-state index in [2.05, 4.69) is 10.4 Å². The van der Waals surface area contributed by atoms with Gasteiger partial charge in [0.05, 0.1) is 5.69 Å². The molecule has 0 aliphatic carbocycles. The monoisotopic (exact) mass is 469 g/mol. The maximum absolute atomic E-state index is 15.0. The number of benzene rings is 2. The fourth-order valence-electron chi connectivity index (χ4n) is 3.74. The van der Waals surface area contributed by atoms with Crippen LogP contribution >= 0.6 is 0 Å². The van der Waals surface area contributed by atoms with Gasteiger partial charge in [-0.2, -0.15) is 18.3 Å². The van der Waals surface area contributed by atoms with Crippen molar-refractivity contribution in [1.29, 1.82) is 0 Å². The Hall–Kier alpha value is -3.81. The molecule has 0 atom stereocenters. The van der Waals surface area contributed by atoms with Crippen molar-refractivity contribution in [3.63, 3.8) is 0 Å². The van der Waals surface area contributed by atoms with Gasteiger partial charge in [0.1, 0.15) is 17.3 Å². The number of allylic oxidation sites excluding steroid dienone is 1. The van der Waals surface area contributed by atoms with E-state index in [0.29, 0.717) is 17.2 Å². The first-order valence-electron chi connectivity index (χ1n) is 10.6. The van der Waals surface area contributed by atoms with Crippen molar-refractivity contribution in [3.05, 3.63) is 89.1 Å². The maximum atomic E-state index is 15.0. The molecule has 0 aliphatic rings. The Morgan fingerprint density at radius 3 is 2.29 bits per heavy atom. The van der Waals surface area contributed by atoms with E-state index >= 15 is 0 Å². The van der Waals surface area contributed by atoms with Crippen molar-refractivity contribution in [3.8, 4) is 22.6 Å². The van der Waals surface area contributed by atoms with Crippen LogP contribution in [0.3, 0.4) is 0 Å². The van der Waals surface area contributed by atoms with Gasteiger partial charge < -0.3 is 9.73 Å². The topological polar surface area (TPSA) is 43.0 Å². The number of alkyl halides is 3. The number of furan rings is 1. The second-order valence-corrected chi connectivity index (χ2v) is 8.18. The van der Waals surface area contributed by atoms with E-state index in [0.717, 1.165) is 33.1 Å². The smallest absolute Gasteiger partial charge is 0.435 e. The highest BCUT2D eigenvalue weighted by molar-refractivity contribution is 5.82. The van der Waals surface area contributed by atoms with Crippen LogP contribution in [0.2, 0.25) is 0 Å². The SMILES string of the molecule is CC(C)=C(Nc1ccc(-c2cc(C(F)(F)F)nn2C)c(F)c1)c1cc(-c2ccccc2)oc1C. The van der Waals surface area contributed by atoms with Crippen molar-refractivity contribution < 1.29 is 22.0 Å². The van der Waals surface area contributed by atoms with Crippen LogP contribution in [0, 0.1) is 12.7 Å². The van der Waals surface area contributed by atoms with Gasteiger partial charge in [0.15, 0.2) is 5.69 Å². The number of aryl methyl sites for hydroxylation is 2. The van der Waals surface area contributed by atoms with Crippen LogP contribution in [0.25, 0.3) is 28.3 Å². The molecule has 0 unspecified atom stereocenters. The molecular weight excluding hydrogens is 446 g/mol. The molecule has 176 valence electrons. The highest BCUT2D eigenvalue weighted by Crippen LogP contribution is 2.35. The zero-order valence-corrected chi connectivity index (χ0v) is 19.1. The summed E-state index contributed by atoms with van der Waals surface area (Å²) in [6.07, 6.45) is -4.60. The Morgan fingerprint density at radius 1 is 1.00 bits per heavy atom. The molecule has 0 spiro atoms. The van der Waals surface area contributed by atoms with E-state index in [1.165, 1.54) is 19.2 Å². The lowest BCUT2D eigenvalue weighted by Crippen LogP contribution is -2.06. The van der Waals surface area contributed by atoms with Crippen molar-refractivity contribution >= 4 is 11.4 Å². The van der Waals surface area contributed by atoms with Gasteiger partial charge >= 0.3 is 6.18 Å². The fourth-order valence-corrected chi connectivity index (χ4v) is 3.74. The zero-order valence-electron chi connectivity index (χ0n) is 19.1. The van der Waals surface area contributed by atoms with E-state index in [-0.39, 0.29) is 11.3 Å². The molecule has 34 heavy (non-hydrogen) atoms. The summed E-state index contributed by atoms with van der Waals surface area (Å²) in [6, 6.07) is 16.8. The van der Waals surface area contributed by atoms with E-state index < -0.39 is 17.7 Å². The third-order valence-corrected chi connectivity index (χ3v) is 5.43. The van der Waals surface area contributed by atoms with Crippen molar-refractivity contribution in [2.75, 3.05) is 5.32 Å². The van der Waals surface area contributed by atoms with Crippen molar-refractivity contribution in [2.45, 2.75) is 26.9 Å². The molecule has 2 aromatic heterocycles. The van der Waals surface area contributed by atoms with Gasteiger partial charge in [-0.1, -0.05) is 35.9 Å². The van der Waals surface area contributed by atoms with Crippen molar-refractivity contribution in [2.24, 2.45) is 7.05 Å². The molecule has 4 nitrogen and oxygen atoms in total. The first kappa shape index (κ1) is 23.4. The molecule has 0 aliphatic heterocycles. The molecule has 4 rings (SSSR count). The predicted octanol–water partition coefficient (Wildman–Crippen LogP) is 7.68. The third-order valence-electron chi connectivity index (χ3n) is 5.43. The summed E-state index contributed by atoms with van der Waals surface area (Å²) in [4.78, 5) is 0. The van der Waals surface area contributed by atoms with Crippen molar-refractivity contribution in [1.82, 2.24) is 9.78 Å². The maximum Gasteiger partial charge on any atom is 0.435 e. The second kappa shape index (κ2) is 8.85. The molecule has 2 heterocycles. The quantitative estimate of drug-likeness (QED) is 0.305. The number of aromatic nitrogens is 2. The fraction of sp³-hybridized carbons (Fsp3) is 0.192. The molecule has 0 amide bonds. The van der Waals surface area contributed by atoms with Gasteiger partial charge in [-0.25, -0.2) is 4.39 Å². The molecule has 0 bridgehead atoms. The minimum atomic E-state index is -4.60. The summed E-state index contributed by atoms with van der Waals surface area (Å²) in [5, 5.41) is 6.70. The number of halogens is 4. The minimum Gasteiger partial charge on any atom is -0.461 e. The number of hydrogen-bond acceptors (Lipinski definition) is 3. The summed E-state index contributed by atoms with van der Waals surface area (Å²) in [5.41, 5.74) is 2.95. The normalized spacial score (nSPS) is 11.5. The standard InChI is InChI=1S/C26H23F4N3O/c1-15(2)25(20-13-23(34-16(20)3)17-8-6-5-7-9-17)31-18-10-11-19(21(27)12-18)22-14-24(26(28,29)30)32-33(22)4/h5-14,31H,1-4H3. The van der Waals surface area contributed by atoms with E-state index in [4.69, 9.17) is 4.42 Å². The van der Waals surface area contributed by atoms with E-state index in [1.807, 2.05) is 57.2 Å². The predicted molar refractivity (Wildman–Crippen MR) is 124 cm³/mol. The van der Waals surface area contributed by atoms with E-state index in [9.17, 15) is 17.6 Å². The Bertz CT molecular complexity index is 1360. The number of nitrogens with zero attached hydrogens (tertiary/aromatic N) is 2. The Labute approximate surface area is 194 Å². The lowest BCUT2D eigenvalue weighted by atomic mass is 10.1. The van der Waals surface area contributed by atoms with Gasteiger partial charge in [0.2, 0.25) is 0 Å². The molecule has 0 saturated carbocycles. The Balaban J connectivity index is 1.65. The summed E-state index contributed by atoms with van der Waals surface area (Å²) >= 11 is 0. The van der Waals surface area contributed by atoms with Gasteiger partial charge in [0, 0.05) is 35.1 Å². The Kier molecular flexibility index (Phi) is 6.08. The summed E-state index contributed by atoms with van der Waals surface area (Å²) in [7, 11) is 1.35. The molecule has 4 aromatic rings. The highest BCUT2D eigenvalue weighted by Gasteiger charge is 2.35. The summed E-state index contributed by atoms with van der Waals surface area (Å²) in [6.45, 7) is 5.71. The molecule has 1 N–H and O–H groups in total. The zero-order chi connectivity index (χ0) is 24.6. The molecule has 2 aromatic carbocycles. The molecular formula is C26H23F4N3O. The molecule has 0 radical (unpaired) electrons. The molecule has 0 fully saturated rings. The number of hydrogen-bond donors (Lipinski definition) is 1. The lowest BCUT2D eigenvalue weighted by Gasteiger charge is -2.14. The highest BCUT2D eigenvalue weighted by atomic mass is 19.4. The van der Waals surface area contributed by atoms with Crippen LogP contribution < -0.4 is 5.32 Å². The van der Waals surface area contributed by atoms with Crippen LogP contribution in [0.4, 0.5) is 23.2 Å².